The molecule has 1 aromatic carbocycles. The number of rotatable bonds is 6. The molecular formula is C17H25Cl2NO. The fourth-order valence-corrected chi connectivity index (χ4v) is 3.83. The molecule has 2 rings (SSSR count). The largest absolute Gasteiger partial charge is 0.396 e. The number of benzene rings is 1. The first-order valence-corrected chi connectivity index (χ1v) is 8.65. The maximum Gasteiger partial charge on any atom is 0.0499 e. The lowest BCUT2D eigenvalue weighted by atomic mass is 9.74. The van der Waals surface area contributed by atoms with E-state index in [0.29, 0.717) is 10.0 Å². The second-order valence-corrected chi connectivity index (χ2v) is 7.07. The van der Waals surface area contributed by atoms with E-state index in [1.807, 2.05) is 12.1 Å². The average molecular weight is 330 g/mol. The highest BCUT2D eigenvalue weighted by Gasteiger charge is 2.31. The van der Waals surface area contributed by atoms with Gasteiger partial charge in [0, 0.05) is 34.7 Å². The number of halogens is 2. The van der Waals surface area contributed by atoms with E-state index in [-0.39, 0.29) is 18.1 Å². The highest BCUT2D eigenvalue weighted by atomic mass is 35.5. The van der Waals surface area contributed by atoms with Crippen LogP contribution in [0.5, 0.6) is 0 Å². The molecule has 0 amide bonds. The molecule has 2 nitrogen and oxygen atoms in total. The predicted octanol–water partition coefficient (Wildman–Crippen LogP) is 4.98. The van der Waals surface area contributed by atoms with Gasteiger partial charge in [0.2, 0.25) is 0 Å². The van der Waals surface area contributed by atoms with E-state index in [2.05, 4.69) is 12.2 Å². The lowest BCUT2D eigenvalue weighted by Gasteiger charge is -2.37. The normalized spacial score (nSPS) is 19.4. The lowest BCUT2D eigenvalue weighted by molar-refractivity contribution is 0.0781. The van der Waals surface area contributed by atoms with Crippen LogP contribution in [0.15, 0.2) is 18.2 Å². The molecule has 0 heterocycles. The van der Waals surface area contributed by atoms with Crippen molar-refractivity contribution in [3.8, 4) is 0 Å². The Balaban J connectivity index is 2.04. The van der Waals surface area contributed by atoms with Crippen molar-refractivity contribution < 1.29 is 5.11 Å². The van der Waals surface area contributed by atoms with Crippen LogP contribution in [0.4, 0.5) is 0 Å². The van der Waals surface area contributed by atoms with Crippen LogP contribution in [0.1, 0.15) is 57.1 Å². The molecule has 1 aliphatic rings. The molecule has 1 atom stereocenters. The van der Waals surface area contributed by atoms with Gasteiger partial charge in [-0.1, -0.05) is 55.5 Å². The van der Waals surface area contributed by atoms with E-state index in [4.69, 9.17) is 23.2 Å². The summed E-state index contributed by atoms with van der Waals surface area (Å²) in [5.41, 5.74) is 1.14. The van der Waals surface area contributed by atoms with Gasteiger partial charge in [-0.2, -0.15) is 0 Å². The molecule has 0 radical (unpaired) electrons. The van der Waals surface area contributed by atoms with E-state index in [1.165, 1.54) is 19.3 Å². The Morgan fingerprint density at radius 1 is 1.24 bits per heavy atom. The standard InChI is InChI=1S/C17H25Cl2NO/c1-2-16(14-7-6-13(18)10-15(14)19)20-11-17(12-21)8-4-3-5-9-17/h6-7,10,16,20-21H,2-5,8-9,11-12H2,1H3. The smallest absolute Gasteiger partial charge is 0.0499 e. The summed E-state index contributed by atoms with van der Waals surface area (Å²) in [5.74, 6) is 0. The molecule has 4 heteroatoms. The molecule has 2 N–H and O–H groups in total. The molecule has 1 unspecified atom stereocenters. The van der Waals surface area contributed by atoms with Crippen molar-refractivity contribution in [3.63, 3.8) is 0 Å². The molecule has 0 aromatic heterocycles. The van der Waals surface area contributed by atoms with Crippen molar-refractivity contribution >= 4 is 23.2 Å². The van der Waals surface area contributed by atoms with Crippen LogP contribution in [0.25, 0.3) is 0 Å². The second-order valence-electron chi connectivity index (χ2n) is 6.23. The zero-order chi connectivity index (χ0) is 15.3. The van der Waals surface area contributed by atoms with Crippen molar-refractivity contribution in [1.82, 2.24) is 5.32 Å². The first-order valence-electron chi connectivity index (χ1n) is 7.89. The van der Waals surface area contributed by atoms with Gasteiger partial charge in [0.05, 0.1) is 0 Å². The Hall–Kier alpha value is -0.280. The first-order chi connectivity index (χ1) is 10.1. The minimum atomic E-state index is 0.0462. The first kappa shape index (κ1) is 17.1. The van der Waals surface area contributed by atoms with Crippen LogP contribution >= 0.6 is 23.2 Å². The Kier molecular flexibility index (Phi) is 6.36. The number of hydrogen-bond donors (Lipinski definition) is 2. The SMILES string of the molecule is CCC(NCC1(CO)CCCCC1)c1ccc(Cl)cc1Cl. The highest BCUT2D eigenvalue weighted by Crippen LogP contribution is 2.36. The summed E-state index contributed by atoms with van der Waals surface area (Å²) in [6.45, 7) is 3.26. The van der Waals surface area contributed by atoms with Crippen LogP contribution in [0.3, 0.4) is 0 Å². The van der Waals surface area contributed by atoms with Crippen molar-refractivity contribution in [2.24, 2.45) is 5.41 Å². The third-order valence-electron chi connectivity index (χ3n) is 4.72. The van der Waals surface area contributed by atoms with Crippen LogP contribution < -0.4 is 5.32 Å². The summed E-state index contributed by atoms with van der Waals surface area (Å²) in [6.07, 6.45) is 6.93. The maximum atomic E-state index is 9.81. The zero-order valence-corrected chi connectivity index (χ0v) is 14.2. The van der Waals surface area contributed by atoms with Gasteiger partial charge in [-0.3, -0.25) is 0 Å². The number of aliphatic hydroxyl groups is 1. The maximum absolute atomic E-state index is 9.81. The topological polar surface area (TPSA) is 32.3 Å². The third kappa shape index (κ3) is 4.35. The Bertz CT molecular complexity index is 458. The lowest BCUT2D eigenvalue weighted by Crippen LogP contribution is -2.40. The van der Waals surface area contributed by atoms with Crippen LogP contribution in [-0.4, -0.2) is 18.3 Å². The summed E-state index contributed by atoms with van der Waals surface area (Å²) in [4.78, 5) is 0. The van der Waals surface area contributed by atoms with E-state index in [0.717, 1.165) is 31.4 Å². The van der Waals surface area contributed by atoms with E-state index < -0.39 is 0 Å². The van der Waals surface area contributed by atoms with E-state index >= 15 is 0 Å². The van der Waals surface area contributed by atoms with Crippen molar-refractivity contribution in [2.75, 3.05) is 13.2 Å². The fourth-order valence-electron chi connectivity index (χ4n) is 3.29. The number of hydrogen-bond acceptors (Lipinski definition) is 2. The number of nitrogens with one attached hydrogen (secondary N) is 1. The Morgan fingerprint density at radius 2 is 1.95 bits per heavy atom. The quantitative estimate of drug-likeness (QED) is 0.771. The molecule has 21 heavy (non-hydrogen) atoms. The van der Waals surface area contributed by atoms with E-state index in [1.54, 1.807) is 6.07 Å². The fraction of sp³-hybridized carbons (Fsp3) is 0.647. The monoisotopic (exact) mass is 329 g/mol. The van der Waals surface area contributed by atoms with Crippen LogP contribution in [-0.2, 0) is 0 Å². The van der Waals surface area contributed by atoms with Gasteiger partial charge in [-0.15, -0.1) is 0 Å². The minimum absolute atomic E-state index is 0.0462. The summed E-state index contributed by atoms with van der Waals surface area (Å²) < 4.78 is 0. The minimum Gasteiger partial charge on any atom is -0.396 e. The Labute approximate surface area is 137 Å². The van der Waals surface area contributed by atoms with Crippen LogP contribution in [0, 0.1) is 5.41 Å². The molecule has 1 saturated carbocycles. The van der Waals surface area contributed by atoms with Gasteiger partial charge in [0.1, 0.15) is 0 Å². The summed E-state index contributed by atoms with van der Waals surface area (Å²) in [7, 11) is 0. The van der Waals surface area contributed by atoms with Crippen molar-refractivity contribution in [2.45, 2.75) is 51.5 Å². The van der Waals surface area contributed by atoms with E-state index in [9.17, 15) is 5.11 Å². The summed E-state index contributed by atoms with van der Waals surface area (Å²) >= 11 is 12.3. The van der Waals surface area contributed by atoms with Crippen LogP contribution in [0.2, 0.25) is 10.0 Å². The molecule has 0 saturated heterocycles. The molecule has 1 aliphatic carbocycles. The van der Waals surface area contributed by atoms with Gasteiger partial charge in [-0.05, 0) is 37.0 Å². The van der Waals surface area contributed by atoms with Crippen molar-refractivity contribution in [3.05, 3.63) is 33.8 Å². The average Bonchev–Trinajstić information content (AvgIpc) is 2.50. The van der Waals surface area contributed by atoms with Gasteiger partial charge < -0.3 is 10.4 Å². The molecule has 0 spiro atoms. The molecule has 118 valence electrons. The Morgan fingerprint density at radius 3 is 2.52 bits per heavy atom. The molecule has 0 bridgehead atoms. The third-order valence-corrected chi connectivity index (χ3v) is 5.28. The van der Waals surface area contributed by atoms with Gasteiger partial charge in [0.15, 0.2) is 0 Å². The predicted molar refractivity (Wildman–Crippen MR) is 90.1 cm³/mol. The molecular weight excluding hydrogens is 305 g/mol. The summed E-state index contributed by atoms with van der Waals surface area (Å²) in [5, 5.41) is 14.8. The van der Waals surface area contributed by atoms with Gasteiger partial charge >= 0.3 is 0 Å². The number of aliphatic hydroxyl groups excluding tert-OH is 1. The molecule has 1 aromatic rings. The summed E-state index contributed by atoms with van der Waals surface area (Å²) in [6, 6.07) is 5.89. The zero-order valence-electron chi connectivity index (χ0n) is 12.7. The van der Waals surface area contributed by atoms with Crippen molar-refractivity contribution in [1.29, 1.82) is 0 Å². The van der Waals surface area contributed by atoms with Gasteiger partial charge in [-0.25, -0.2) is 0 Å². The highest BCUT2D eigenvalue weighted by molar-refractivity contribution is 6.35. The molecule has 0 aliphatic heterocycles. The molecule has 1 fully saturated rings. The second kappa shape index (κ2) is 7.82. The van der Waals surface area contributed by atoms with Gasteiger partial charge in [0.25, 0.3) is 0 Å².